The van der Waals surface area contributed by atoms with Crippen molar-refractivity contribution in [3.05, 3.63) is 47.9 Å². The van der Waals surface area contributed by atoms with Gasteiger partial charge >= 0.3 is 0 Å². The average Bonchev–Trinajstić information content (AvgIpc) is 3.16. The van der Waals surface area contributed by atoms with Gasteiger partial charge in [-0.2, -0.15) is 0 Å². The Bertz CT molecular complexity index is 654. The first-order valence-corrected chi connectivity index (χ1v) is 8.05. The Morgan fingerprint density at radius 3 is 2.75 bits per heavy atom. The summed E-state index contributed by atoms with van der Waals surface area (Å²) in [4.78, 5) is 14.4. The molecule has 6 heteroatoms. The van der Waals surface area contributed by atoms with Gasteiger partial charge in [0.2, 0.25) is 0 Å². The van der Waals surface area contributed by atoms with E-state index >= 15 is 0 Å². The lowest BCUT2D eigenvalue weighted by Crippen LogP contribution is -2.47. The fourth-order valence-corrected chi connectivity index (χ4v) is 3.26. The fourth-order valence-electron chi connectivity index (χ4n) is 3.26. The summed E-state index contributed by atoms with van der Waals surface area (Å²) in [7, 11) is 3.40. The number of aromatic nitrogens is 1. The van der Waals surface area contributed by atoms with Crippen LogP contribution in [0.4, 0.5) is 0 Å². The number of amides is 1. The second-order valence-corrected chi connectivity index (χ2v) is 6.04. The molecule has 0 saturated carbocycles. The summed E-state index contributed by atoms with van der Waals surface area (Å²) in [5, 5.41) is 3.61. The molecule has 1 aromatic heterocycles. The summed E-state index contributed by atoms with van der Waals surface area (Å²) in [6, 6.07) is 8.04. The molecule has 0 N–H and O–H groups in total. The quantitative estimate of drug-likeness (QED) is 0.842. The Hall–Kier alpha value is -2.34. The lowest BCUT2D eigenvalue weighted by Gasteiger charge is -2.37. The maximum absolute atomic E-state index is 12.5. The normalized spacial score (nSPS) is 20.8. The van der Waals surface area contributed by atoms with Gasteiger partial charge in [0.05, 0.1) is 25.0 Å². The molecule has 0 aliphatic carbocycles. The number of carbonyl (C=O) groups excluding carboxylic acids is 1. The van der Waals surface area contributed by atoms with Crippen molar-refractivity contribution in [3.63, 3.8) is 0 Å². The van der Waals surface area contributed by atoms with Crippen LogP contribution in [-0.4, -0.2) is 49.4 Å². The van der Waals surface area contributed by atoms with E-state index in [9.17, 15) is 4.79 Å². The van der Waals surface area contributed by atoms with E-state index in [1.54, 1.807) is 14.2 Å². The monoisotopic (exact) mass is 330 g/mol. The van der Waals surface area contributed by atoms with Crippen molar-refractivity contribution in [2.24, 2.45) is 5.92 Å². The summed E-state index contributed by atoms with van der Waals surface area (Å²) in [5.74, 6) is 1.06. The molecule has 1 fully saturated rings. The standard InChI is InChI=1S/C18H22N2O4/c1-22-16-5-3-13(4-6-16)9-14-11-20(8-7-17(14)23-2)18(21)15-10-19-24-12-15/h3-6,10,12,14,17H,7-9,11H2,1-2H3/t14-,17+/m1/s1. The van der Waals surface area contributed by atoms with Gasteiger partial charge in [-0.05, 0) is 30.5 Å². The van der Waals surface area contributed by atoms with Gasteiger partial charge in [0.1, 0.15) is 12.0 Å². The van der Waals surface area contributed by atoms with Crippen LogP contribution in [0.1, 0.15) is 22.3 Å². The van der Waals surface area contributed by atoms with Crippen LogP contribution in [-0.2, 0) is 11.2 Å². The average molecular weight is 330 g/mol. The Kier molecular flexibility index (Phi) is 5.15. The van der Waals surface area contributed by atoms with Gasteiger partial charge in [0.15, 0.2) is 0 Å². The Morgan fingerprint density at radius 1 is 1.33 bits per heavy atom. The number of methoxy groups -OCH3 is 2. The molecule has 3 rings (SSSR count). The van der Waals surface area contributed by atoms with Crippen molar-refractivity contribution in [1.29, 1.82) is 0 Å². The number of carbonyl (C=O) groups is 1. The second-order valence-electron chi connectivity index (χ2n) is 6.04. The van der Waals surface area contributed by atoms with E-state index in [0.29, 0.717) is 18.7 Å². The molecule has 2 heterocycles. The Balaban J connectivity index is 1.69. The number of benzene rings is 1. The SMILES string of the molecule is COc1ccc(C[C@@H]2CN(C(=O)c3cnoc3)CC[C@@H]2OC)cc1. The molecule has 2 aromatic rings. The van der Waals surface area contributed by atoms with Gasteiger partial charge in [-0.1, -0.05) is 17.3 Å². The summed E-state index contributed by atoms with van der Waals surface area (Å²) < 4.78 is 15.6. The number of ether oxygens (including phenoxy) is 2. The van der Waals surface area contributed by atoms with Crippen molar-refractivity contribution >= 4 is 5.91 Å². The third kappa shape index (κ3) is 3.59. The van der Waals surface area contributed by atoms with Crippen LogP contribution in [0, 0.1) is 5.92 Å². The molecule has 1 aliphatic heterocycles. The highest BCUT2D eigenvalue weighted by Gasteiger charge is 2.32. The molecule has 1 amide bonds. The molecule has 6 nitrogen and oxygen atoms in total. The molecule has 24 heavy (non-hydrogen) atoms. The summed E-state index contributed by atoms with van der Waals surface area (Å²) >= 11 is 0. The van der Waals surface area contributed by atoms with Crippen molar-refractivity contribution < 1.29 is 18.8 Å². The van der Waals surface area contributed by atoms with Gasteiger partial charge in [-0.15, -0.1) is 0 Å². The smallest absolute Gasteiger partial charge is 0.258 e. The second kappa shape index (κ2) is 7.49. The maximum Gasteiger partial charge on any atom is 0.258 e. The molecule has 0 radical (unpaired) electrons. The van der Waals surface area contributed by atoms with Crippen molar-refractivity contribution in [1.82, 2.24) is 10.1 Å². The fraction of sp³-hybridized carbons (Fsp3) is 0.444. The van der Waals surface area contributed by atoms with E-state index in [2.05, 4.69) is 17.3 Å². The first-order valence-electron chi connectivity index (χ1n) is 8.05. The largest absolute Gasteiger partial charge is 0.497 e. The van der Waals surface area contributed by atoms with Crippen molar-refractivity contribution in [3.8, 4) is 5.75 Å². The van der Waals surface area contributed by atoms with Crippen LogP contribution < -0.4 is 4.74 Å². The van der Waals surface area contributed by atoms with E-state index in [0.717, 1.165) is 18.6 Å². The van der Waals surface area contributed by atoms with Crippen molar-refractivity contribution in [2.75, 3.05) is 27.3 Å². The summed E-state index contributed by atoms with van der Waals surface area (Å²) in [6.07, 6.45) is 4.69. The van der Waals surface area contributed by atoms with Crippen LogP contribution in [0.2, 0.25) is 0 Å². The molecular weight excluding hydrogens is 308 g/mol. The number of likely N-dealkylation sites (tertiary alicyclic amines) is 1. The van der Waals surface area contributed by atoms with Crippen LogP contribution in [0.15, 0.2) is 41.2 Å². The Labute approximate surface area is 141 Å². The lowest BCUT2D eigenvalue weighted by atomic mass is 9.88. The van der Waals surface area contributed by atoms with Crippen LogP contribution in [0.3, 0.4) is 0 Å². The molecule has 0 unspecified atom stereocenters. The molecule has 1 saturated heterocycles. The van der Waals surface area contributed by atoms with Gasteiger partial charge in [-0.25, -0.2) is 0 Å². The number of piperidine rings is 1. The number of nitrogens with zero attached hydrogens (tertiary/aromatic N) is 2. The predicted molar refractivity (Wildman–Crippen MR) is 88.0 cm³/mol. The zero-order valence-corrected chi connectivity index (χ0v) is 14.0. The van der Waals surface area contributed by atoms with E-state index in [1.165, 1.54) is 18.0 Å². The van der Waals surface area contributed by atoms with E-state index in [1.807, 2.05) is 17.0 Å². The molecular formula is C18H22N2O4. The maximum atomic E-state index is 12.5. The van der Waals surface area contributed by atoms with E-state index in [4.69, 9.17) is 14.0 Å². The van der Waals surface area contributed by atoms with Crippen LogP contribution in [0.25, 0.3) is 0 Å². The highest BCUT2D eigenvalue weighted by atomic mass is 16.5. The molecule has 0 bridgehead atoms. The highest BCUT2D eigenvalue weighted by Crippen LogP contribution is 2.25. The molecule has 2 atom stereocenters. The first kappa shape index (κ1) is 16.5. The third-order valence-electron chi connectivity index (χ3n) is 4.59. The minimum atomic E-state index is -0.0365. The minimum absolute atomic E-state index is 0.0365. The van der Waals surface area contributed by atoms with Crippen LogP contribution >= 0.6 is 0 Å². The van der Waals surface area contributed by atoms with Crippen molar-refractivity contribution in [2.45, 2.75) is 18.9 Å². The van der Waals surface area contributed by atoms with Gasteiger partial charge < -0.3 is 18.9 Å². The molecule has 0 spiro atoms. The number of hydrogen-bond acceptors (Lipinski definition) is 5. The zero-order valence-electron chi connectivity index (χ0n) is 14.0. The summed E-state index contributed by atoms with van der Waals surface area (Å²) in [5.41, 5.74) is 1.70. The highest BCUT2D eigenvalue weighted by molar-refractivity contribution is 5.93. The minimum Gasteiger partial charge on any atom is -0.497 e. The lowest BCUT2D eigenvalue weighted by molar-refractivity contribution is -0.00301. The third-order valence-corrected chi connectivity index (χ3v) is 4.59. The van der Waals surface area contributed by atoms with Gasteiger partial charge in [-0.3, -0.25) is 4.79 Å². The molecule has 128 valence electrons. The van der Waals surface area contributed by atoms with Gasteiger partial charge in [0.25, 0.3) is 5.91 Å². The topological polar surface area (TPSA) is 64.8 Å². The van der Waals surface area contributed by atoms with E-state index in [-0.39, 0.29) is 17.9 Å². The van der Waals surface area contributed by atoms with Gasteiger partial charge in [0, 0.05) is 26.1 Å². The Morgan fingerprint density at radius 2 is 2.12 bits per heavy atom. The number of rotatable bonds is 5. The first-order chi connectivity index (χ1) is 11.7. The summed E-state index contributed by atoms with van der Waals surface area (Å²) in [6.45, 7) is 1.34. The zero-order chi connectivity index (χ0) is 16.9. The van der Waals surface area contributed by atoms with E-state index < -0.39 is 0 Å². The van der Waals surface area contributed by atoms with Crippen LogP contribution in [0.5, 0.6) is 5.75 Å². The number of hydrogen-bond donors (Lipinski definition) is 0. The molecule has 1 aromatic carbocycles. The predicted octanol–water partition coefficient (Wildman–Crippen LogP) is 2.40. The molecule has 1 aliphatic rings.